The van der Waals surface area contributed by atoms with Crippen molar-refractivity contribution >= 4 is 11.9 Å². The molecule has 98 valence electrons. The molecule has 0 aliphatic rings. The second-order valence-corrected chi connectivity index (χ2v) is 4.00. The van der Waals surface area contributed by atoms with Crippen molar-refractivity contribution in [2.75, 3.05) is 26.2 Å². The zero-order valence-corrected chi connectivity index (χ0v) is 11.1. The summed E-state index contributed by atoms with van der Waals surface area (Å²) in [5.41, 5.74) is 0.192. The van der Waals surface area contributed by atoms with E-state index in [1.807, 2.05) is 0 Å². The van der Waals surface area contributed by atoms with E-state index in [0.29, 0.717) is 6.54 Å². The second kappa shape index (κ2) is 7.84. The second-order valence-electron chi connectivity index (χ2n) is 4.00. The third kappa shape index (κ3) is 5.49. The maximum atomic E-state index is 11.6. The molecule has 0 saturated heterocycles. The third-order valence-corrected chi connectivity index (χ3v) is 2.97. The standard InChI is InChI=1S/C12H22N2O3/c1-5-14(6-2)8-7-13-11(15)9(3)10(4)12(16)17/h5-8H2,1-4H3,(H,13,15)(H,16,17)/b10-9-. The van der Waals surface area contributed by atoms with Gasteiger partial charge in [0.1, 0.15) is 0 Å². The molecule has 0 spiro atoms. The van der Waals surface area contributed by atoms with Crippen LogP contribution in [0.15, 0.2) is 11.1 Å². The number of carbonyl (C=O) groups is 2. The Balaban J connectivity index is 4.20. The van der Waals surface area contributed by atoms with Crippen LogP contribution in [-0.2, 0) is 9.59 Å². The van der Waals surface area contributed by atoms with Gasteiger partial charge in [-0.25, -0.2) is 0 Å². The van der Waals surface area contributed by atoms with E-state index in [4.69, 9.17) is 0 Å². The molecule has 17 heavy (non-hydrogen) atoms. The molecular formula is C12H22N2O3. The van der Waals surface area contributed by atoms with Crippen molar-refractivity contribution in [3.05, 3.63) is 11.1 Å². The van der Waals surface area contributed by atoms with Crippen molar-refractivity contribution in [3.8, 4) is 0 Å². The summed E-state index contributed by atoms with van der Waals surface area (Å²) in [5, 5.41) is 13.3. The Morgan fingerprint density at radius 1 is 1.12 bits per heavy atom. The Labute approximate surface area is 102 Å². The molecule has 0 atom stereocenters. The van der Waals surface area contributed by atoms with Crippen LogP contribution < -0.4 is 15.3 Å². The number of aliphatic carboxylic acids is 1. The Bertz CT molecular complexity index is 307. The minimum atomic E-state index is -1.30. The molecule has 0 saturated carbocycles. The van der Waals surface area contributed by atoms with E-state index in [0.717, 1.165) is 19.6 Å². The van der Waals surface area contributed by atoms with Gasteiger partial charge in [-0.3, -0.25) is 4.79 Å². The summed E-state index contributed by atoms with van der Waals surface area (Å²) in [6.07, 6.45) is 0. The molecule has 0 aromatic heterocycles. The van der Waals surface area contributed by atoms with Crippen molar-refractivity contribution in [1.29, 1.82) is 0 Å². The molecule has 0 fully saturated rings. The normalized spacial score (nSPS) is 12.3. The van der Waals surface area contributed by atoms with Gasteiger partial charge in [0.05, 0.1) is 32.1 Å². The van der Waals surface area contributed by atoms with Gasteiger partial charge >= 0.3 is 0 Å². The van der Waals surface area contributed by atoms with E-state index in [1.165, 1.54) is 18.7 Å². The fourth-order valence-corrected chi connectivity index (χ4v) is 1.41. The molecule has 0 radical (unpaired) electrons. The summed E-state index contributed by atoms with van der Waals surface area (Å²) in [4.78, 5) is 23.5. The van der Waals surface area contributed by atoms with Crippen molar-refractivity contribution in [2.24, 2.45) is 0 Å². The van der Waals surface area contributed by atoms with Crippen molar-refractivity contribution < 1.29 is 19.6 Å². The average Bonchev–Trinajstić information content (AvgIpc) is 2.32. The monoisotopic (exact) mass is 242 g/mol. The Morgan fingerprint density at radius 2 is 1.65 bits per heavy atom. The lowest BCUT2D eigenvalue weighted by Crippen LogP contribution is -3.12. The fraction of sp³-hybridized carbons (Fsp3) is 0.667. The highest BCUT2D eigenvalue weighted by Crippen LogP contribution is 2.01. The number of carbonyl (C=O) groups excluding carboxylic acids is 2. The lowest BCUT2D eigenvalue weighted by atomic mass is 10.1. The topological polar surface area (TPSA) is 73.7 Å². The van der Waals surface area contributed by atoms with Crippen LogP contribution in [0.25, 0.3) is 0 Å². The number of rotatable bonds is 7. The molecule has 0 heterocycles. The number of quaternary nitrogens is 1. The highest BCUT2D eigenvalue weighted by molar-refractivity contribution is 6.00. The first kappa shape index (κ1) is 15.6. The third-order valence-electron chi connectivity index (χ3n) is 2.97. The molecule has 0 aliphatic heterocycles. The molecular weight excluding hydrogens is 220 g/mol. The summed E-state index contributed by atoms with van der Waals surface area (Å²) in [6.45, 7) is 10.5. The number of carboxylic acid groups (broad SMARTS) is 1. The van der Waals surface area contributed by atoms with Crippen molar-refractivity contribution in [1.82, 2.24) is 5.32 Å². The van der Waals surface area contributed by atoms with Gasteiger partial charge in [0.15, 0.2) is 0 Å². The maximum Gasteiger partial charge on any atom is 0.247 e. The van der Waals surface area contributed by atoms with Crippen LogP contribution in [0.5, 0.6) is 0 Å². The SMILES string of the molecule is CC[NH+](CC)CCNC(=O)/C(C)=C(/C)C(=O)[O-]. The van der Waals surface area contributed by atoms with Crippen LogP contribution in [0, 0.1) is 0 Å². The molecule has 0 unspecified atom stereocenters. The first-order valence-corrected chi connectivity index (χ1v) is 5.94. The predicted molar refractivity (Wildman–Crippen MR) is 63.3 cm³/mol. The van der Waals surface area contributed by atoms with E-state index >= 15 is 0 Å². The van der Waals surface area contributed by atoms with E-state index < -0.39 is 5.97 Å². The van der Waals surface area contributed by atoms with E-state index in [-0.39, 0.29) is 17.1 Å². The molecule has 0 bridgehead atoms. The maximum absolute atomic E-state index is 11.6. The van der Waals surface area contributed by atoms with Gasteiger partial charge in [0, 0.05) is 5.57 Å². The number of hydrogen-bond donors (Lipinski definition) is 2. The van der Waals surface area contributed by atoms with Gasteiger partial charge in [-0.05, 0) is 33.3 Å². The molecule has 0 aromatic rings. The van der Waals surface area contributed by atoms with Crippen LogP contribution in [0.3, 0.4) is 0 Å². The van der Waals surface area contributed by atoms with E-state index in [9.17, 15) is 14.7 Å². The first-order chi connectivity index (χ1) is 7.93. The van der Waals surface area contributed by atoms with Crippen LogP contribution in [-0.4, -0.2) is 38.1 Å². The van der Waals surface area contributed by atoms with Crippen LogP contribution in [0.2, 0.25) is 0 Å². The Hall–Kier alpha value is -1.36. The van der Waals surface area contributed by atoms with Gasteiger partial charge in [-0.1, -0.05) is 0 Å². The molecule has 5 heteroatoms. The summed E-state index contributed by atoms with van der Waals surface area (Å²) in [5.74, 6) is -1.63. The molecule has 5 nitrogen and oxygen atoms in total. The minimum absolute atomic E-state index is 0.0160. The highest BCUT2D eigenvalue weighted by atomic mass is 16.4. The van der Waals surface area contributed by atoms with Gasteiger partial charge < -0.3 is 20.1 Å². The van der Waals surface area contributed by atoms with Gasteiger partial charge in [0.2, 0.25) is 5.91 Å². The lowest BCUT2D eigenvalue weighted by molar-refractivity contribution is -0.895. The van der Waals surface area contributed by atoms with Crippen LogP contribution >= 0.6 is 0 Å². The van der Waals surface area contributed by atoms with Crippen molar-refractivity contribution in [2.45, 2.75) is 27.7 Å². The number of carboxylic acids is 1. The molecule has 0 aromatic carbocycles. The number of hydrogen-bond acceptors (Lipinski definition) is 3. The number of nitrogens with one attached hydrogen (secondary N) is 2. The smallest absolute Gasteiger partial charge is 0.247 e. The fourth-order valence-electron chi connectivity index (χ4n) is 1.41. The van der Waals surface area contributed by atoms with Crippen LogP contribution in [0.4, 0.5) is 0 Å². The molecule has 2 N–H and O–H groups in total. The zero-order valence-electron chi connectivity index (χ0n) is 11.1. The predicted octanol–water partition coefficient (Wildman–Crippen LogP) is -1.89. The Kier molecular flexibility index (Phi) is 7.21. The van der Waals surface area contributed by atoms with E-state index in [1.54, 1.807) is 0 Å². The first-order valence-electron chi connectivity index (χ1n) is 5.94. The summed E-state index contributed by atoms with van der Waals surface area (Å²) < 4.78 is 0. The van der Waals surface area contributed by atoms with Gasteiger partial charge in [-0.15, -0.1) is 0 Å². The zero-order chi connectivity index (χ0) is 13.4. The van der Waals surface area contributed by atoms with Crippen LogP contribution in [0.1, 0.15) is 27.7 Å². The average molecular weight is 242 g/mol. The summed E-state index contributed by atoms with van der Waals surface area (Å²) in [7, 11) is 0. The minimum Gasteiger partial charge on any atom is -0.545 e. The molecule has 0 aliphatic carbocycles. The van der Waals surface area contributed by atoms with Gasteiger partial charge in [-0.2, -0.15) is 0 Å². The highest BCUT2D eigenvalue weighted by Gasteiger charge is 2.09. The van der Waals surface area contributed by atoms with E-state index in [2.05, 4.69) is 19.2 Å². The number of likely N-dealkylation sites (N-methyl/N-ethyl adjacent to an activating group) is 1. The van der Waals surface area contributed by atoms with Gasteiger partial charge in [0.25, 0.3) is 0 Å². The Morgan fingerprint density at radius 3 is 2.06 bits per heavy atom. The number of amides is 1. The summed E-state index contributed by atoms with van der Waals surface area (Å²) in [6, 6.07) is 0. The molecule has 0 rings (SSSR count). The lowest BCUT2D eigenvalue weighted by Gasteiger charge is -2.16. The quantitative estimate of drug-likeness (QED) is 0.513. The largest absolute Gasteiger partial charge is 0.545 e. The summed E-state index contributed by atoms with van der Waals surface area (Å²) >= 11 is 0. The molecule has 1 amide bonds. The van der Waals surface area contributed by atoms with Crippen molar-refractivity contribution in [3.63, 3.8) is 0 Å².